The Labute approximate surface area is 70.2 Å². The third kappa shape index (κ3) is 1.81. The van der Waals surface area contributed by atoms with Crippen molar-refractivity contribution >= 4 is 22.6 Å². The van der Waals surface area contributed by atoms with Gasteiger partial charge in [0.25, 0.3) is 0 Å². The fourth-order valence-electron chi connectivity index (χ4n) is 1.03. The second-order valence-electron chi connectivity index (χ2n) is 2.67. The number of halogens is 1. The van der Waals surface area contributed by atoms with Gasteiger partial charge >= 0.3 is 0 Å². The molecule has 1 aliphatic rings. The first-order valence-electron chi connectivity index (χ1n) is 3.23. The van der Waals surface area contributed by atoms with Crippen molar-refractivity contribution in [1.82, 2.24) is 0 Å². The molecule has 0 N–H and O–H groups in total. The number of allylic oxidation sites excluding steroid dienone is 4. The molecule has 0 unspecified atom stereocenters. The molecule has 0 aromatic heterocycles. The third-order valence-corrected chi connectivity index (χ3v) is 3.05. The van der Waals surface area contributed by atoms with E-state index in [1.165, 1.54) is 15.6 Å². The Morgan fingerprint density at radius 2 is 2.22 bits per heavy atom. The summed E-state index contributed by atoms with van der Waals surface area (Å²) in [6.07, 6.45) is 5.67. The molecule has 0 spiro atoms. The topological polar surface area (TPSA) is 0 Å². The molecule has 0 nitrogen and oxygen atoms in total. The molecule has 1 rings (SSSR count). The van der Waals surface area contributed by atoms with Crippen molar-refractivity contribution in [2.75, 3.05) is 0 Å². The smallest absolute Gasteiger partial charge is 0.00627 e. The van der Waals surface area contributed by atoms with Gasteiger partial charge in [-0.05, 0) is 45.4 Å². The highest BCUT2D eigenvalue weighted by atomic mass is 127. The highest BCUT2D eigenvalue weighted by Gasteiger charge is 2.08. The Morgan fingerprint density at radius 3 is 2.67 bits per heavy atom. The van der Waals surface area contributed by atoms with Crippen LogP contribution in [0.4, 0.5) is 0 Å². The molecule has 0 bridgehead atoms. The van der Waals surface area contributed by atoms with Crippen LogP contribution in [0.5, 0.6) is 0 Å². The summed E-state index contributed by atoms with van der Waals surface area (Å²) in [5.41, 5.74) is 1.50. The second kappa shape index (κ2) is 2.86. The number of rotatable bonds is 0. The van der Waals surface area contributed by atoms with E-state index in [9.17, 15) is 0 Å². The second-order valence-corrected chi connectivity index (χ2v) is 3.92. The maximum Gasteiger partial charge on any atom is -0.00627 e. The average Bonchev–Trinajstić information content (AvgIpc) is 1.80. The first-order chi connectivity index (χ1) is 4.20. The molecule has 0 aromatic rings. The minimum absolute atomic E-state index is 0.760. The van der Waals surface area contributed by atoms with Crippen LogP contribution in [-0.4, -0.2) is 0 Å². The molecule has 0 aromatic carbocycles. The van der Waals surface area contributed by atoms with Crippen LogP contribution in [0.1, 0.15) is 20.3 Å². The molecule has 50 valence electrons. The first kappa shape index (κ1) is 7.32. The van der Waals surface area contributed by atoms with Crippen molar-refractivity contribution in [3.05, 3.63) is 21.3 Å². The highest BCUT2D eigenvalue weighted by Crippen LogP contribution is 2.28. The number of hydrogen-bond donors (Lipinski definition) is 0. The van der Waals surface area contributed by atoms with Gasteiger partial charge in [-0.1, -0.05) is 24.6 Å². The van der Waals surface area contributed by atoms with E-state index in [1.807, 2.05) is 0 Å². The normalized spacial score (nSPS) is 27.2. The summed E-state index contributed by atoms with van der Waals surface area (Å²) < 4.78 is 1.48. The van der Waals surface area contributed by atoms with Gasteiger partial charge in [-0.25, -0.2) is 0 Å². The molecule has 9 heavy (non-hydrogen) atoms. The SMILES string of the molecule is CC1=CC=C(I)[C@H](C)C1. The Hall–Kier alpha value is 0.210. The minimum Gasteiger partial charge on any atom is -0.0727 e. The summed E-state index contributed by atoms with van der Waals surface area (Å²) in [5, 5.41) is 0. The lowest BCUT2D eigenvalue weighted by molar-refractivity contribution is 0.702. The standard InChI is InChI=1S/C8H11I/c1-6-3-4-8(9)7(2)5-6/h3-4,7H,5H2,1-2H3/t7-/m1/s1. The summed E-state index contributed by atoms with van der Waals surface area (Å²) in [4.78, 5) is 0. The highest BCUT2D eigenvalue weighted by molar-refractivity contribution is 14.1. The molecule has 0 saturated heterocycles. The largest absolute Gasteiger partial charge is 0.0727 e. The van der Waals surface area contributed by atoms with E-state index in [4.69, 9.17) is 0 Å². The van der Waals surface area contributed by atoms with Crippen LogP contribution in [0.15, 0.2) is 21.3 Å². The molecule has 0 heterocycles. The fourth-order valence-corrected chi connectivity index (χ4v) is 1.43. The predicted molar refractivity (Wildman–Crippen MR) is 49.6 cm³/mol. The Morgan fingerprint density at radius 1 is 1.56 bits per heavy atom. The van der Waals surface area contributed by atoms with Crippen molar-refractivity contribution in [3.8, 4) is 0 Å². The first-order valence-corrected chi connectivity index (χ1v) is 4.31. The molecule has 0 fully saturated rings. The van der Waals surface area contributed by atoms with Crippen LogP contribution in [-0.2, 0) is 0 Å². The molecule has 1 heteroatoms. The lowest BCUT2D eigenvalue weighted by atomic mass is 9.97. The van der Waals surface area contributed by atoms with Crippen molar-refractivity contribution in [3.63, 3.8) is 0 Å². The van der Waals surface area contributed by atoms with Crippen molar-refractivity contribution in [2.45, 2.75) is 20.3 Å². The van der Waals surface area contributed by atoms with E-state index >= 15 is 0 Å². The van der Waals surface area contributed by atoms with Gasteiger partial charge in [0.2, 0.25) is 0 Å². The summed E-state index contributed by atoms with van der Waals surface area (Å²) in [6.45, 7) is 4.46. The monoisotopic (exact) mass is 234 g/mol. The van der Waals surface area contributed by atoms with Crippen LogP contribution < -0.4 is 0 Å². The van der Waals surface area contributed by atoms with E-state index < -0.39 is 0 Å². The maximum atomic E-state index is 2.41. The van der Waals surface area contributed by atoms with Gasteiger partial charge in [0, 0.05) is 0 Å². The summed E-state index contributed by atoms with van der Waals surface area (Å²) in [6, 6.07) is 0. The minimum atomic E-state index is 0.760. The van der Waals surface area contributed by atoms with Gasteiger partial charge in [0.1, 0.15) is 0 Å². The average molecular weight is 234 g/mol. The molecule has 0 aliphatic heterocycles. The van der Waals surface area contributed by atoms with Crippen LogP contribution in [0.25, 0.3) is 0 Å². The lowest BCUT2D eigenvalue weighted by Crippen LogP contribution is -1.98. The fraction of sp³-hybridized carbons (Fsp3) is 0.500. The zero-order valence-electron chi connectivity index (χ0n) is 5.82. The molecule has 1 aliphatic carbocycles. The van der Waals surface area contributed by atoms with Crippen LogP contribution >= 0.6 is 22.6 Å². The zero-order valence-corrected chi connectivity index (χ0v) is 7.97. The maximum absolute atomic E-state index is 2.41. The van der Waals surface area contributed by atoms with Gasteiger partial charge in [-0.2, -0.15) is 0 Å². The molecular weight excluding hydrogens is 223 g/mol. The molecule has 1 atom stereocenters. The van der Waals surface area contributed by atoms with Crippen LogP contribution in [0, 0.1) is 5.92 Å². The van der Waals surface area contributed by atoms with Crippen molar-refractivity contribution in [2.24, 2.45) is 5.92 Å². The van der Waals surface area contributed by atoms with E-state index in [1.54, 1.807) is 0 Å². The van der Waals surface area contributed by atoms with E-state index in [2.05, 4.69) is 48.6 Å². The molecule has 0 saturated carbocycles. The Balaban J connectivity index is 2.74. The van der Waals surface area contributed by atoms with Gasteiger partial charge in [0.15, 0.2) is 0 Å². The molecule has 0 amide bonds. The lowest BCUT2D eigenvalue weighted by Gasteiger charge is -2.14. The summed E-state index contributed by atoms with van der Waals surface area (Å²) in [7, 11) is 0. The van der Waals surface area contributed by atoms with Crippen molar-refractivity contribution in [1.29, 1.82) is 0 Å². The van der Waals surface area contributed by atoms with Gasteiger partial charge in [-0.15, -0.1) is 0 Å². The summed E-state index contributed by atoms with van der Waals surface area (Å²) in [5.74, 6) is 0.760. The summed E-state index contributed by atoms with van der Waals surface area (Å²) >= 11 is 2.41. The van der Waals surface area contributed by atoms with Gasteiger partial charge in [0.05, 0.1) is 0 Å². The quantitative estimate of drug-likeness (QED) is 0.564. The van der Waals surface area contributed by atoms with Crippen LogP contribution in [0.2, 0.25) is 0 Å². The van der Waals surface area contributed by atoms with Gasteiger partial charge < -0.3 is 0 Å². The van der Waals surface area contributed by atoms with E-state index in [0.29, 0.717) is 0 Å². The predicted octanol–water partition coefficient (Wildman–Crippen LogP) is 3.29. The zero-order chi connectivity index (χ0) is 6.85. The van der Waals surface area contributed by atoms with Gasteiger partial charge in [-0.3, -0.25) is 0 Å². The van der Waals surface area contributed by atoms with E-state index in [-0.39, 0.29) is 0 Å². The number of hydrogen-bond acceptors (Lipinski definition) is 0. The van der Waals surface area contributed by atoms with Crippen LogP contribution in [0.3, 0.4) is 0 Å². The Kier molecular flexibility index (Phi) is 2.33. The Bertz CT molecular complexity index is 165. The van der Waals surface area contributed by atoms with E-state index in [0.717, 1.165) is 5.92 Å². The van der Waals surface area contributed by atoms with Crippen molar-refractivity contribution < 1.29 is 0 Å². The third-order valence-electron chi connectivity index (χ3n) is 1.63. The molecular formula is C8H11I. The molecule has 0 radical (unpaired) electrons.